The van der Waals surface area contributed by atoms with Gasteiger partial charge >= 0.3 is 6.61 Å². The lowest BCUT2D eigenvalue weighted by atomic mass is 10.1. The standard InChI is InChI=1S/C18H22BrF2N3O3/c1-2-22-18(23-10-9-14-7-8-16(19)26-14)24-11-15(25)12-3-5-13(6-4-12)27-17(20)21/h3-8,15,17,25H,2,9-11H2,1H3,(H2,22,23,24). The van der Waals surface area contributed by atoms with Gasteiger partial charge < -0.3 is 24.9 Å². The van der Waals surface area contributed by atoms with Gasteiger partial charge in [-0.15, -0.1) is 0 Å². The summed E-state index contributed by atoms with van der Waals surface area (Å²) >= 11 is 3.26. The van der Waals surface area contributed by atoms with Crippen molar-refractivity contribution in [1.29, 1.82) is 0 Å². The number of aliphatic hydroxyl groups is 1. The Morgan fingerprint density at radius 1 is 1.22 bits per heavy atom. The van der Waals surface area contributed by atoms with Crippen molar-refractivity contribution in [2.45, 2.75) is 26.1 Å². The molecule has 0 saturated heterocycles. The van der Waals surface area contributed by atoms with E-state index in [0.717, 1.165) is 5.76 Å². The number of guanidine groups is 1. The average molecular weight is 446 g/mol. The Morgan fingerprint density at radius 3 is 2.56 bits per heavy atom. The average Bonchev–Trinajstić information content (AvgIpc) is 3.04. The summed E-state index contributed by atoms with van der Waals surface area (Å²) in [6.45, 7) is 0.479. The summed E-state index contributed by atoms with van der Waals surface area (Å²) < 4.78 is 34.7. The van der Waals surface area contributed by atoms with Gasteiger partial charge in [-0.25, -0.2) is 0 Å². The molecule has 2 aromatic rings. The van der Waals surface area contributed by atoms with E-state index in [0.29, 0.717) is 35.7 Å². The lowest BCUT2D eigenvalue weighted by molar-refractivity contribution is -0.0498. The fourth-order valence-corrected chi connectivity index (χ4v) is 2.63. The molecule has 3 N–H and O–H groups in total. The first kappa shape index (κ1) is 21.2. The van der Waals surface area contributed by atoms with Crippen LogP contribution in [0.3, 0.4) is 0 Å². The molecule has 0 radical (unpaired) electrons. The first-order valence-corrected chi connectivity index (χ1v) is 9.26. The van der Waals surface area contributed by atoms with Gasteiger partial charge in [-0.3, -0.25) is 4.99 Å². The highest BCUT2D eigenvalue weighted by atomic mass is 79.9. The lowest BCUT2D eigenvalue weighted by Gasteiger charge is -2.13. The predicted molar refractivity (Wildman–Crippen MR) is 102 cm³/mol. The number of nitrogens with one attached hydrogen (secondary N) is 2. The third-order valence-electron chi connectivity index (χ3n) is 3.55. The number of aliphatic imine (C=N–C) groups is 1. The van der Waals surface area contributed by atoms with E-state index in [4.69, 9.17) is 4.42 Å². The molecule has 0 saturated carbocycles. The van der Waals surface area contributed by atoms with E-state index in [2.05, 4.69) is 36.3 Å². The third-order valence-corrected chi connectivity index (χ3v) is 3.98. The Kier molecular flexibility index (Phi) is 8.53. The van der Waals surface area contributed by atoms with Crippen LogP contribution in [-0.4, -0.2) is 37.3 Å². The normalized spacial score (nSPS) is 12.9. The van der Waals surface area contributed by atoms with Crippen LogP contribution in [0.2, 0.25) is 0 Å². The number of halogens is 3. The number of nitrogens with zero attached hydrogens (tertiary/aromatic N) is 1. The van der Waals surface area contributed by atoms with Crippen molar-refractivity contribution in [1.82, 2.24) is 10.6 Å². The maximum atomic E-state index is 12.2. The molecule has 0 aliphatic carbocycles. The summed E-state index contributed by atoms with van der Waals surface area (Å²) in [7, 11) is 0. The highest BCUT2D eigenvalue weighted by Crippen LogP contribution is 2.19. The SMILES string of the molecule is CCNC(=NCC(O)c1ccc(OC(F)F)cc1)NCCc1ccc(Br)o1. The molecule has 9 heteroatoms. The molecular weight excluding hydrogens is 424 g/mol. The summed E-state index contributed by atoms with van der Waals surface area (Å²) in [6, 6.07) is 9.57. The summed E-state index contributed by atoms with van der Waals surface area (Å²) in [4.78, 5) is 4.35. The molecule has 2 rings (SSSR count). The summed E-state index contributed by atoms with van der Waals surface area (Å²) in [5.74, 6) is 1.46. The molecule has 0 amide bonds. The highest BCUT2D eigenvalue weighted by Gasteiger charge is 2.10. The van der Waals surface area contributed by atoms with Gasteiger partial charge in [-0.2, -0.15) is 8.78 Å². The molecule has 27 heavy (non-hydrogen) atoms. The molecule has 0 fully saturated rings. The minimum Gasteiger partial charge on any atom is -0.454 e. The van der Waals surface area contributed by atoms with E-state index in [-0.39, 0.29) is 12.3 Å². The smallest absolute Gasteiger partial charge is 0.387 e. The van der Waals surface area contributed by atoms with Crippen LogP contribution in [0.15, 0.2) is 50.5 Å². The van der Waals surface area contributed by atoms with Crippen LogP contribution in [0.4, 0.5) is 8.78 Å². The molecule has 0 aliphatic rings. The number of rotatable bonds is 9. The molecule has 1 atom stereocenters. The van der Waals surface area contributed by atoms with Crippen molar-refractivity contribution in [2.75, 3.05) is 19.6 Å². The van der Waals surface area contributed by atoms with Crippen molar-refractivity contribution in [2.24, 2.45) is 4.99 Å². The molecule has 148 valence electrons. The van der Waals surface area contributed by atoms with Gasteiger partial charge in [0.05, 0.1) is 12.6 Å². The second kappa shape index (κ2) is 10.9. The highest BCUT2D eigenvalue weighted by molar-refractivity contribution is 9.10. The molecule has 1 aromatic carbocycles. The van der Waals surface area contributed by atoms with Crippen LogP contribution < -0.4 is 15.4 Å². The predicted octanol–water partition coefficient (Wildman–Crippen LogP) is 3.47. The van der Waals surface area contributed by atoms with E-state index < -0.39 is 12.7 Å². The van der Waals surface area contributed by atoms with E-state index in [1.54, 1.807) is 0 Å². The van der Waals surface area contributed by atoms with Crippen molar-refractivity contribution >= 4 is 21.9 Å². The number of ether oxygens (including phenoxy) is 1. The zero-order chi connectivity index (χ0) is 19.6. The number of hydrogen-bond donors (Lipinski definition) is 3. The molecule has 6 nitrogen and oxygen atoms in total. The zero-order valence-corrected chi connectivity index (χ0v) is 16.4. The molecular formula is C18H22BrF2N3O3. The van der Waals surface area contributed by atoms with Gasteiger partial charge in [0, 0.05) is 19.5 Å². The van der Waals surface area contributed by atoms with Crippen LogP contribution in [0.25, 0.3) is 0 Å². The van der Waals surface area contributed by atoms with Crippen molar-refractivity contribution in [3.63, 3.8) is 0 Å². The van der Waals surface area contributed by atoms with E-state index in [9.17, 15) is 13.9 Å². The maximum absolute atomic E-state index is 12.2. The van der Waals surface area contributed by atoms with E-state index in [1.165, 1.54) is 24.3 Å². The molecule has 1 unspecified atom stereocenters. The van der Waals surface area contributed by atoms with Crippen LogP contribution in [-0.2, 0) is 6.42 Å². The molecule has 1 heterocycles. The second-order valence-corrected chi connectivity index (χ2v) is 6.35. The van der Waals surface area contributed by atoms with Crippen molar-refractivity contribution in [3.05, 3.63) is 52.4 Å². The Bertz CT molecular complexity index is 723. The molecule has 1 aromatic heterocycles. The Labute approximate surface area is 164 Å². The minimum absolute atomic E-state index is 0.0454. The van der Waals surface area contributed by atoms with E-state index in [1.807, 2.05) is 19.1 Å². The van der Waals surface area contributed by atoms with Gasteiger partial charge in [0.25, 0.3) is 0 Å². The van der Waals surface area contributed by atoms with Crippen molar-refractivity contribution < 1.29 is 23.0 Å². The van der Waals surface area contributed by atoms with Gasteiger partial charge in [0.1, 0.15) is 11.5 Å². The first-order valence-electron chi connectivity index (χ1n) is 8.47. The number of furan rings is 1. The summed E-state index contributed by atoms with van der Waals surface area (Å²) in [5.41, 5.74) is 0.566. The Hall–Kier alpha value is -2.13. The first-order chi connectivity index (χ1) is 13.0. The van der Waals surface area contributed by atoms with Gasteiger partial charge in [0.2, 0.25) is 0 Å². The summed E-state index contributed by atoms with van der Waals surface area (Å²) in [5, 5.41) is 16.5. The van der Waals surface area contributed by atoms with Crippen LogP contribution >= 0.6 is 15.9 Å². The molecule has 0 aliphatic heterocycles. The quantitative estimate of drug-likeness (QED) is 0.406. The largest absolute Gasteiger partial charge is 0.454 e. The third kappa shape index (κ3) is 7.56. The van der Waals surface area contributed by atoms with Gasteiger partial charge in [-0.05, 0) is 52.7 Å². The lowest BCUT2D eigenvalue weighted by Crippen LogP contribution is -2.38. The molecule has 0 bridgehead atoms. The maximum Gasteiger partial charge on any atom is 0.387 e. The minimum atomic E-state index is -2.87. The van der Waals surface area contributed by atoms with Crippen molar-refractivity contribution in [3.8, 4) is 5.75 Å². The topological polar surface area (TPSA) is 79.0 Å². The molecule has 0 spiro atoms. The summed E-state index contributed by atoms with van der Waals surface area (Å²) in [6.07, 6.45) is -0.174. The number of hydrogen-bond acceptors (Lipinski definition) is 4. The number of alkyl halides is 2. The second-order valence-electron chi connectivity index (χ2n) is 5.57. The number of aliphatic hydroxyl groups excluding tert-OH is 1. The van der Waals surface area contributed by atoms with Crippen LogP contribution in [0, 0.1) is 0 Å². The Balaban J connectivity index is 1.86. The fraction of sp³-hybridized carbons (Fsp3) is 0.389. The van der Waals surface area contributed by atoms with Crippen LogP contribution in [0.5, 0.6) is 5.75 Å². The number of benzene rings is 1. The van der Waals surface area contributed by atoms with Crippen LogP contribution in [0.1, 0.15) is 24.4 Å². The van der Waals surface area contributed by atoms with Gasteiger partial charge in [-0.1, -0.05) is 12.1 Å². The monoisotopic (exact) mass is 445 g/mol. The van der Waals surface area contributed by atoms with E-state index >= 15 is 0 Å². The Morgan fingerprint density at radius 2 is 1.96 bits per heavy atom. The fourth-order valence-electron chi connectivity index (χ4n) is 2.29. The van der Waals surface area contributed by atoms with Gasteiger partial charge in [0.15, 0.2) is 10.6 Å². The zero-order valence-electron chi connectivity index (χ0n) is 14.8.